The van der Waals surface area contributed by atoms with Crippen molar-refractivity contribution in [2.45, 2.75) is 0 Å². The van der Waals surface area contributed by atoms with E-state index in [1.54, 1.807) is 54.4 Å². The van der Waals surface area contributed by atoms with E-state index in [2.05, 4.69) is 10.1 Å². The van der Waals surface area contributed by atoms with Crippen LogP contribution in [0.15, 0.2) is 59.7 Å². The zero-order valence-corrected chi connectivity index (χ0v) is 18.5. The zero-order valence-electron chi connectivity index (χ0n) is 17.8. The third-order valence-electron chi connectivity index (χ3n) is 5.78. The maximum absolute atomic E-state index is 14.1. The van der Waals surface area contributed by atoms with Crippen molar-refractivity contribution < 1.29 is 9.18 Å². The molecule has 10 heteroatoms. The Morgan fingerprint density at radius 3 is 2.42 bits per heavy atom. The van der Waals surface area contributed by atoms with Gasteiger partial charge in [0.15, 0.2) is 11.2 Å². The summed E-state index contributed by atoms with van der Waals surface area (Å²) in [5.74, 6) is -0.605. The van der Waals surface area contributed by atoms with Gasteiger partial charge in [0.1, 0.15) is 11.3 Å². The lowest BCUT2D eigenvalue weighted by Gasteiger charge is -2.35. The second kappa shape index (κ2) is 8.32. The first-order chi connectivity index (χ1) is 15.9. The third kappa shape index (κ3) is 3.74. The van der Waals surface area contributed by atoms with E-state index in [1.165, 1.54) is 21.6 Å². The van der Waals surface area contributed by atoms with Crippen molar-refractivity contribution in [2.75, 3.05) is 31.1 Å². The number of halogens is 2. The van der Waals surface area contributed by atoms with Gasteiger partial charge in [-0.05, 0) is 36.4 Å². The van der Waals surface area contributed by atoms with E-state index in [1.807, 2.05) is 4.90 Å². The van der Waals surface area contributed by atoms with Crippen LogP contribution in [0.3, 0.4) is 0 Å². The van der Waals surface area contributed by atoms with Gasteiger partial charge in [0.05, 0.1) is 17.7 Å². The van der Waals surface area contributed by atoms with Gasteiger partial charge in [-0.1, -0.05) is 23.7 Å². The molecule has 1 aliphatic rings. The van der Waals surface area contributed by atoms with Crippen LogP contribution < -0.4 is 10.5 Å². The number of aromatic nitrogens is 4. The summed E-state index contributed by atoms with van der Waals surface area (Å²) in [6.07, 6.45) is 1.38. The van der Waals surface area contributed by atoms with Gasteiger partial charge in [-0.2, -0.15) is 5.10 Å². The van der Waals surface area contributed by atoms with E-state index < -0.39 is 0 Å². The zero-order chi connectivity index (χ0) is 23.1. The van der Waals surface area contributed by atoms with Crippen LogP contribution >= 0.6 is 11.6 Å². The summed E-state index contributed by atoms with van der Waals surface area (Å²) in [6, 6.07) is 13.4. The van der Waals surface area contributed by atoms with Gasteiger partial charge in [-0.25, -0.2) is 14.1 Å². The predicted molar refractivity (Wildman–Crippen MR) is 124 cm³/mol. The number of anilines is 1. The number of carbonyl (C=O) groups is 1. The molecule has 0 aliphatic carbocycles. The molecule has 5 rings (SSSR count). The van der Waals surface area contributed by atoms with Gasteiger partial charge in [0.2, 0.25) is 0 Å². The molecule has 1 saturated heterocycles. The van der Waals surface area contributed by atoms with Gasteiger partial charge in [0, 0.05) is 38.2 Å². The number of benzene rings is 2. The molecule has 0 spiro atoms. The maximum Gasteiger partial charge on any atom is 0.279 e. The number of aryl methyl sites for hydroxylation is 1. The fraction of sp³-hybridized carbons (Fsp3) is 0.217. The van der Waals surface area contributed by atoms with Crippen molar-refractivity contribution in [3.8, 4) is 5.69 Å². The second-order valence-electron chi connectivity index (χ2n) is 7.83. The number of amides is 1. The number of rotatable bonds is 3. The summed E-state index contributed by atoms with van der Waals surface area (Å²) in [7, 11) is 1.59. The van der Waals surface area contributed by atoms with Gasteiger partial charge in [0.25, 0.3) is 11.5 Å². The van der Waals surface area contributed by atoms with E-state index >= 15 is 0 Å². The second-order valence-corrected chi connectivity index (χ2v) is 8.26. The molecule has 8 nitrogen and oxygen atoms in total. The highest BCUT2D eigenvalue weighted by Gasteiger charge is 2.29. The first-order valence-electron chi connectivity index (χ1n) is 10.4. The number of nitrogens with zero attached hydrogens (tertiary/aromatic N) is 6. The van der Waals surface area contributed by atoms with Crippen LogP contribution in [0.4, 0.5) is 10.1 Å². The largest absolute Gasteiger partial charge is 0.366 e. The molecule has 0 unspecified atom stereocenters. The number of para-hydroxylation sites is 1. The van der Waals surface area contributed by atoms with E-state index in [0.717, 1.165) is 0 Å². The maximum atomic E-state index is 14.1. The SMILES string of the molecule is Cn1cnc2c(C(=O)N3CCN(c4ccccc4F)CC3)nn(-c3ccc(Cl)cc3)c2c1=O. The Morgan fingerprint density at radius 2 is 1.73 bits per heavy atom. The van der Waals surface area contributed by atoms with E-state index in [9.17, 15) is 14.0 Å². The number of hydrogen-bond acceptors (Lipinski definition) is 5. The quantitative estimate of drug-likeness (QED) is 0.464. The molecule has 2 aromatic carbocycles. The lowest BCUT2D eigenvalue weighted by molar-refractivity contribution is 0.0742. The van der Waals surface area contributed by atoms with Crippen molar-refractivity contribution in [3.05, 3.63) is 81.7 Å². The molecule has 0 saturated carbocycles. The fourth-order valence-corrected chi connectivity index (χ4v) is 4.14. The van der Waals surface area contributed by atoms with Crippen molar-refractivity contribution in [1.82, 2.24) is 24.2 Å². The molecule has 33 heavy (non-hydrogen) atoms. The monoisotopic (exact) mass is 466 g/mol. The summed E-state index contributed by atoms with van der Waals surface area (Å²) in [6.45, 7) is 1.76. The Kier molecular flexibility index (Phi) is 5.33. The molecule has 0 radical (unpaired) electrons. The standard InChI is InChI=1S/C23H20ClFN6O2/c1-28-14-26-19-20(27-31(21(19)23(28)33)16-8-6-15(24)7-9-16)22(32)30-12-10-29(11-13-30)18-5-3-2-4-17(18)25/h2-9,14H,10-13H2,1H3. The van der Waals surface area contributed by atoms with E-state index in [-0.39, 0.29) is 34.0 Å². The average Bonchev–Trinajstić information content (AvgIpc) is 3.22. The fourth-order valence-electron chi connectivity index (χ4n) is 4.01. The normalized spacial score (nSPS) is 14.2. The van der Waals surface area contributed by atoms with Crippen LogP contribution in [0.5, 0.6) is 0 Å². The number of fused-ring (bicyclic) bond motifs is 1. The molecule has 0 atom stereocenters. The highest BCUT2D eigenvalue weighted by molar-refractivity contribution is 6.30. The number of carbonyl (C=O) groups excluding carboxylic acids is 1. The minimum Gasteiger partial charge on any atom is -0.366 e. The molecular weight excluding hydrogens is 447 g/mol. The van der Waals surface area contributed by atoms with Crippen LogP contribution in [-0.2, 0) is 7.05 Å². The van der Waals surface area contributed by atoms with Crippen molar-refractivity contribution >= 4 is 34.2 Å². The Bertz CT molecular complexity index is 1410. The number of piperazine rings is 1. The van der Waals surface area contributed by atoms with Gasteiger partial charge < -0.3 is 14.4 Å². The molecular formula is C23H20ClFN6O2. The molecule has 1 fully saturated rings. The van der Waals surface area contributed by atoms with Crippen LogP contribution in [0.2, 0.25) is 5.02 Å². The molecule has 1 amide bonds. The molecule has 2 aromatic heterocycles. The minimum atomic E-state index is -0.318. The van der Waals surface area contributed by atoms with Gasteiger partial charge in [-0.3, -0.25) is 9.59 Å². The smallest absolute Gasteiger partial charge is 0.279 e. The third-order valence-corrected chi connectivity index (χ3v) is 6.03. The lowest BCUT2D eigenvalue weighted by Crippen LogP contribution is -2.49. The summed E-state index contributed by atoms with van der Waals surface area (Å²) in [5, 5.41) is 5.04. The Labute approximate surface area is 193 Å². The molecule has 0 bridgehead atoms. The molecule has 1 aliphatic heterocycles. The first kappa shape index (κ1) is 21.1. The van der Waals surface area contributed by atoms with Crippen LogP contribution in [-0.4, -0.2) is 56.3 Å². The Hall–Kier alpha value is -3.72. The van der Waals surface area contributed by atoms with Crippen LogP contribution in [0.1, 0.15) is 10.5 Å². The highest BCUT2D eigenvalue weighted by Crippen LogP contribution is 2.23. The summed E-state index contributed by atoms with van der Waals surface area (Å²) < 4.78 is 16.9. The van der Waals surface area contributed by atoms with E-state index in [4.69, 9.17) is 11.6 Å². The topological polar surface area (TPSA) is 76.3 Å². The van der Waals surface area contributed by atoms with Crippen molar-refractivity contribution in [2.24, 2.45) is 7.05 Å². The summed E-state index contributed by atoms with van der Waals surface area (Å²) >= 11 is 6.00. The van der Waals surface area contributed by atoms with Gasteiger partial charge in [-0.15, -0.1) is 0 Å². The first-order valence-corrected chi connectivity index (χ1v) is 10.8. The molecule has 0 N–H and O–H groups in total. The number of hydrogen-bond donors (Lipinski definition) is 0. The highest BCUT2D eigenvalue weighted by atomic mass is 35.5. The average molecular weight is 467 g/mol. The van der Waals surface area contributed by atoms with Crippen molar-refractivity contribution in [1.29, 1.82) is 0 Å². The van der Waals surface area contributed by atoms with Crippen molar-refractivity contribution in [3.63, 3.8) is 0 Å². The van der Waals surface area contributed by atoms with E-state index in [0.29, 0.717) is 42.6 Å². The van der Waals surface area contributed by atoms with Gasteiger partial charge >= 0.3 is 0 Å². The summed E-state index contributed by atoms with van der Waals surface area (Å²) in [5.41, 5.74) is 1.37. The predicted octanol–water partition coefficient (Wildman–Crippen LogP) is 2.87. The Morgan fingerprint density at radius 1 is 1.03 bits per heavy atom. The Balaban J connectivity index is 1.48. The lowest BCUT2D eigenvalue weighted by atomic mass is 10.2. The molecule has 3 heterocycles. The summed E-state index contributed by atoms with van der Waals surface area (Å²) in [4.78, 5) is 34.2. The van der Waals surface area contributed by atoms with Crippen LogP contribution in [0.25, 0.3) is 16.7 Å². The molecule has 168 valence electrons. The van der Waals surface area contributed by atoms with Crippen LogP contribution in [0, 0.1) is 5.82 Å². The molecule has 4 aromatic rings. The minimum absolute atomic E-state index is 0.108.